The topological polar surface area (TPSA) is 24.9 Å². The van der Waals surface area contributed by atoms with Gasteiger partial charge in [0, 0.05) is 36.5 Å². The van der Waals surface area contributed by atoms with Crippen LogP contribution in [0.3, 0.4) is 0 Å². The monoisotopic (exact) mass is 262 g/mol. The molecular formula is C15H16F2N2. The lowest BCUT2D eigenvalue weighted by atomic mass is 10.1. The fourth-order valence-corrected chi connectivity index (χ4v) is 1.93. The molecule has 0 aliphatic heterocycles. The van der Waals surface area contributed by atoms with Crippen molar-refractivity contribution in [3.63, 3.8) is 0 Å². The first-order valence-corrected chi connectivity index (χ1v) is 6.25. The molecule has 0 spiro atoms. The number of nitrogens with one attached hydrogen (secondary N) is 1. The van der Waals surface area contributed by atoms with E-state index in [9.17, 15) is 8.78 Å². The third kappa shape index (κ3) is 3.58. The number of pyridine rings is 1. The van der Waals surface area contributed by atoms with Gasteiger partial charge in [0.15, 0.2) is 11.6 Å². The maximum atomic E-state index is 13.6. The molecule has 0 aliphatic rings. The molecule has 0 aliphatic carbocycles. The van der Waals surface area contributed by atoms with E-state index in [1.54, 1.807) is 12.3 Å². The van der Waals surface area contributed by atoms with E-state index in [1.165, 1.54) is 6.07 Å². The van der Waals surface area contributed by atoms with Gasteiger partial charge in [-0.05, 0) is 25.1 Å². The Bertz CT molecular complexity index is 529. The molecule has 0 bridgehead atoms. The number of hydrogen-bond acceptors (Lipinski definition) is 2. The van der Waals surface area contributed by atoms with Crippen LogP contribution in [0, 0.1) is 11.6 Å². The maximum absolute atomic E-state index is 13.6. The highest BCUT2D eigenvalue weighted by Gasteiger charge is 2.13. The molecule has 4 heteroatoms. The quantitative estimate of drug-likeness (QED) is 0.894. The van der Waals surface area contributed by atoms with Crippen LogP contribution in [-0.2, 0) is 6.42 Å². The molecule has 0 amide bonds. The number of nitrogens with zero attached hydrogens (tertiary/aromatic N) is 1. The van der Waals surface area contributed by atoms with E-state index >= 15 is 0 Å². The lowest BCUT2D eigenvalue weighted by molar-refractivity contribution is 0.473. The van der Waals surface area contributed by atoms with Crippen molar-refractivity contribution >= 4 is 0 Å². The van der Waals surface area contributed by atoms with Crippen molar-refractivity contribution in [2.75, 3.05) is 6.54 Å². The lowest BCUT2D eigenvalue weighted by Gasteiger charge is -2.15. The van der Waals surface area contributed by atoms with Crippen LogP contribution in [0.15, 0.2) is 42.6 Å². The van der Waals surface area contributed by atoms with E-state index in [-0.39, 0.29) is 6.04 Å². The van der Waals surface area contributed by atoms with Crippen molar-refractivity contribution in [1.82, 2.24) is 10.3 Å². The number of aromatic nitrogens is 1. The fraction of sp³-hybridized carbons (Fsp3) is 0.267. The van der Waals surface area contributed by atoms with E-state index in [0.29, 0.717) is 12.1 Å². The first-order chi connectivity index (χ1) is 9.18. The van der Waals surface area contributed by atoms with Gasteiger partial charge in [0.2, 0.25) is 0 Å². The summed E-state index contributed by atoms with van der Waals surface area (Å²) in [6.07, 6.45) is 2.49. The number of hydrogen-bond donors (Lipinski definition) is 1. The van der Waals surface area contributed by atoms with Crippen molar-refractivity contribution < 1.29 is 8.78 Å². The van der Waals surface area contributed by atoms with Crippen LogP contribution in [0.1, 0.15) is 24.2 Å². The molecule has 0 radical (unpaired) electrons. The predicted octanol–water partition coefficient (Wildman–Crippen LogP) is 3.25. The van der Waals surface area contributed by atoms with Crippen LogP contribution in [0.25, 0.3) is 0 Å². The highest BCUT2D eigenvalue weighted by molar-refractivity contribution is 5.22. The van der Waals surface area contributed by atoms with E-state index in [1.807, 2.05) is 25.1 Å². The summed E-state index contributed by atoms with van der Waals surface area (Å²) in [5.41, 5.74) is 1.32. The normalized spacial score (nSPS) is 12.4. The van der Waals surface area contributed by atoms with Crippen molar-refractivity contribution in [3.8, 4) is 0 Å². The highest BCUT2D eigenvalue weighted by Crippen LogP contribution is 2.18. The van der Waals surface area contributed by atoms with Gasteiger partial charge in [-0.1, -0.05) is 18.2 Å². The van der Waals surface area contributed by atoms with Crippen LogP contribution >= 0.6 is 0 Å². The maximum Gasteiger partial charge on any atom is 0.163 e. The fourth-order valence-electron chi connectivity index (χ4n) is 1.93. The SMILES string of the molecule is CC(NCCc1ccccn1)c1cccc(F)c1F. The molecule has 19 heavy (non-hydrogen) atoms. The summed E-state index contributed by atoms with van der Waals surface area (Å²) < 4.78 is 26.7. The first kappa shape index (κ1) is 13.6. The molecule has 1 heterocycles. The molecule has 1 unspecified atom stereocenters. The Morgan fingerprint density at radius 1 is 1.16 bits per heavy atom. The van der Waals surface area contributed by atoms with Gasteiger partial charge < -0.3 is 5.32 Å². The molecule has 0 fully saturated rings. The highest BCUT2D eigenvalue weighted by atomic mass is 19.2. The Labute approximate surface area is 111 Å². The standard InChI is InChI=1S/C15H16F2N2/c1-11(13-6-4-7-14(16)15(13)17)18-10-8-12-5-2-3-9-19-12/h2-7,9,11,18H,8,10H2,1H3. The predicted molar refractivity (Wildman–Crippen MR) is 70.7 cm³/mol. The number of halogens is 2. The first-order valence-electron chi connectivity index (χ1n) is 6.25. The number of benzene rings is 1. The van der Waals surface area contributed by atoms with Gasteiger partial charge in [-0.2, -0.15) is 0 Å². The summed E-state index contributed by atoms with van der Waals surface area (Å²) in [6, 6.07) is 9.73. The van der Waals surface area contributed by atoms with Gasteiger partial charge in [-0.15, -0.1) is 0 Å². The van der Waals surface area contributed by atoms with E-state index in [4.69, 9.17) is 0 Å². The summed E-state index contributed by atoms with van der Waals surface area (Å²) in [5.74, 6) is -1.59. The Morgan fingerprint density at radius 3 is 2.74 bits per heavy atom. The second-order valence-electron chi connectivity index (χ2n) is 4.39. The molecule has 0 saturated heterocycles. The summed E-state index contributed by atoms with van der Waals surface area (Å²) in [7, 11) is 0. The third-order valence-corrected chi connectivity index (χ3v) is 3.01. The molecule has 0 saturated carbocycles. The molecule has 2 nitrogen and oxygen atoms in total. The minimum Gasteiger partial charge on any atom is -0.310 e. The minimum absolute atomic E-state index is 0.237. The molecule has 100 valence electrons. The van der Waals surface area contributed by atoms with E-state index in [0.717, 1.165) is 18.2 Å². The van der Waals surface area contributed by atoms with Crippen LogP contribution in [0.4, 0.5) is 8.78 Å². The van der Waals surface area contributed by atoms with Gasteiger partial charge in [-0.25, -0.2) is 8.78 Å². The average Bonchev–Trinajstić information content (AvgIpc) is 2.43. The zero-order valence-corrected chi connectivity index (χ0v) is 10.7. The zero-order valence-electron chi connectivity index (χ0n) is 10.7. The van der Waals surface area contributed by atoms with Gasteiger partial charge >= 0.3 is 0 Å². The van der Waals surface area contributed by atoms with E-state index < -0.39 is 11.6 Å². The average molecular weight is 262 g/mol. The van der Waals surface area contributed by atoms with Crippen LogP contribution in [0.5, 0.6) is 0 Å². The zero-order chi connectivity index (χ0) is 13.7. The molecule has 2 rings (SSSR count). The summed E-state index contributed by atoms with van der Waals surface area (Å²) >= 11 is 0. The molecule has 1 atom stereocenters. The molecule has 1 aromatic carbocycles. The lowest BCUT2D eigenvalue weighted by Crippen LogP contribution is -2.22. The van der Waals surface area contributed by atoms with Crippen molar-refractivity contribution in [2.45, 2.75) is 19.4 Å². The van der Waals surface area contributed by atoms with Gasteiger partial charge in [-0.3, -0.25) is 4.98 Å². The largest absolute Gasteiger partial charge is 0.310 e. The van der Waals surface area contributed by atoms with Crippen LogP contribution in [0.2, 0.25) is 0 Å². The van der Waals surface area contributed by atoms with E-state index in [2.05, 4.69) is 10.3 Å². The number of rotatable bonds is 5. The van der Waals surface area contributed by atoms with Crippen molar-refractivity contribution in [1.29, 1.82) is 0 Å². The molecular weight excluding hydrogens is 246 g/mol. The Morgan fingerprint density at radius 2 is 2.00 bits per heavy atom. The molecule has 1 N–H and O–H groups in total. The third-order valence-electron chi connectivity index (χ3n) is 3.01. The Balaban J connectivity index is 1.91. The Kier molecular flexibility index (Phi) is 4.58. The smallest absolute Gasteiger partial charge is 0.163 e. The molecule has 1 aromatic heterocycles. The van der Waals surface area contributed by atoms with Crippen molar-refractivity contribution in [3.05, 3.63) is 65.5 Å². The summed E-state index contributed by atoms with van der Waals surface area (Å²) in [4.78, 5) is 4.21. The van der Waals surface area contributed by atoms with Crippen LogP contribution < -0.4 is 5.32 Å². The summed E-state index contributed by atoms with van der Waals surface area (Å²) in [5, 5.41) is 3.17. The van der Waals surface area contributed by atoms with Crippen LogP contribution in [-0.4, -0.2) is 11.5 Å². The molecule has 2 aromatic rings. The van der Waals surface area contributed by atoms with Gasteiger partial charge in [0.25, 0.3) is 0 Å². The second-order valence-corrected chi connectivity index (χ2v) is 4.39. The minimum atomic E-state index is -0.809. The van der Waals surface area contributed by atoms with Gasteiger partial charge in [0.05, 0.1) is 0 Å². The Hall–Kier alpha value is -1.81. The van der Waals surface area contributed by atoms with Crippen molar-refractivity contribution in [2.24, 2.45) is 0 Å². The van der Waals surface area contributed by atoms with Gasteiger partial charge in [0.1, 0.15) is 0 Å². The second kappa shape index (κ2) is 6.38. The summed E-state index contributed by atoms with van der Waals surface area (Å²) in [6.45, 7) is 2.48.